The Kier molecular flexibility index (Phi) is 4.60. The molecule has 1 aromatic heterocycles. The predicted octanol–water partition coefficient (Wildman–Crippen LogP) is 1.90. The summed E-state index contributed by atoms with van der Waals surface area (Å²) in [6.07, 6.45) is 0.222. The molecule has 3 aromatic rings. The second-order valence-electron chi connectivity index (χ2n) is 5.80. The van der Waals surface area contributed by atoms with Gasteiger partial charge in [-0.25, -0.2) is 18.3 Å². The van der Waals surface area contributed by atoms with Crippen LogP contribution in [0.1, 0.15) is 16.7 Å². The zero-order chi connectivity index (χ0) is 18.0. The Bertz CT molecular complexity index is 964. The molecule has 0 unspecified atom stereocenters. The maximum Gasteiger partial charge on any atom is 0.383 e. The lowest BCUT2D eigenvalue weighted by Gasteiger charge is -2.10. The molecule has 0 fully saturated rings. The molecule has 0 aliphatic carbocycles. The number of anilines is 1. The average molecular weight is 345 g/mol. The Morgan fingerprint density at radius 3 is 2.68 bits per heavy atom. The first-order valence-corrected chi connectivity index (χ1v) is 7.73. The highest BCUT2D eigenvalue weighted by molar-refractivity contribution is 5.47. The standard InChI is InChI=1S/C17H17F2N5O/c1-11-8-12(2-5-16(11)20)10-24-22-21-17(25)23(24)7-6-13-3-4-14(18)9-15(13)19/h2-5,8-9H,6-7,10,20H2,1H3. The number of aromatic nitrogens is 4. The maximum atomic E-state index is 13.7. The molecule has 0 bridgehead atoms. The predicted molar refractivity (Wildman–Crippen MR) is 89.0 cm³/mol. The fourth-order valence-electron chi connectivity index (χ4n) is 2.57. The second-order valence-corrected chi connectivity index (χ2v) is 5.80. The minimum absolute atomic E-state index is 0.183. The van der Waals surface area contributed by atoms with E-state index in [0.717, 1.165) is 17.2 Å². The molecule has 0 radical (unpaired) electrons. The molecule has 2 aromatic carbocycles. The minimum Gasteiger partial charge on any atom is -0.399 e. The van der Waals surface area contributed by atoms with Gasteiger partial charge in [0.05, 0.1) is 13.1 Å². The van der Waals surface area contributed by atoms with Crippen LogP contribution in [0.3, 0.4) is 0 Å². The van der Waals surface area contributed by atoms with Crippen molar-refractivity contribution in [2.75, 3.05) is 5.73 Å². The van der Waals surface area contributed by atoms with E-state index in [-0.39, 0.29) is 13.0 Å². The summed E-state index contributed by atoms with van der Waals surface area (Å²) < 4.78 is 28.0. The highest BCUT2D eigenvalue weighted by Crippen LogP contribution is 2.14. The van der Waals surface area contributed by atoms with Gasteiger partial charge in [-0.05, 0) is 47.4 Å². The molecule has 2 N–H and O–H groups in total. The van der Waals surface area contributed by atoms with Gasteiger partial charge in [-0.3, -0.25) is 0 Å². The summed E-state index contributed by atoms with van der Waals surface area (Å²) in [7, 11) is 0. The number of halogens is 2. The van der Waals surface area contributed by atoms with Crippen molar-refractivity contribution in [3.8, 4) is 0 Å². The Labute approximate surface area is 142 Å². The first-order chi connectivity index (χ1) is 11.9. The Morgan fingerprint density at radius 2 is 1.96 bits per heavy atom. The zero-order valence-corrected chi connectivity index (χ0v) is 13.6. The number of aryl methyl sites for hydroxylation is 2. The summed E-state index contributed by atoms with van der Waals surface area (Å²) in [6.45, 7) is 2.41. The number of nitrogens with zero attached hydrogens (tertiary/aromatic N) is 4. The molecule has 8 heteroatoms. The van der Waals surface area contributed by atoms with Crippen molar-refractivity contribution in [2.24, 2.45) is 0 Å². The van der Waals surface area contributed by atoms with Gasteiger partial charge in [-0.1, -0.05) is 23.3 Å². The lowest BCUT2D eigenvalue weighted by atomic mass is 10.1. The van der Waals surface area contributed by atoms with E-state index in [1.54, 1.807) is 6.07 Å². The van der Waals surface area contributed by atoms with Gasteiger partial charge in [0.2, 0.25) is 0 Å². The Morgan fingerprint density at radius 1 is 1.16 bits per heavy atom. The fraction of sp³-hybridized carbons (Fsp3) is 0.235. The lowest BCUT2D eigenvalue weighted by molar-refractivity contribution is 0.420. The van der Waals surface area contributed by atoms with Gasteiger partial charge in [0, 0.05) is 11.8 Å². The van der Waals surface area contributed by atoms with Gasteiger partial charge in [0.1, 0.15) is 11.6 Å². The van der Waals surface area contributed by atoms with Crippen LogP contribution >= 0.6 is 0 Å². The highest BCUT2D eigenvalue weighted by atomic mass is 19.1. The van der Waals surface area contributed by atoms with Gasteiger partial charge < -0.3 is 5.73 Å². The topological polar surface area (TPSA) is 78.7 Å². The van der Waals surface area contributed by atoms with Crippen molar-refractivity contribution < 1.29 is 8.78 Å². The molecule has 6 nitrogen and oxygen atoms in total. The van der Waals surface area contributed by atoms with E-state index in [9.17, 15) is 13.6 Å². The van der Waals surface area contributed by atoms with Gasteiger partial charge in [-0.15, -0.1) is 0 Å². The maximum absolute atomic E-state index is 13.7. The molecule has 0 atom stereocenters. The summed E-state index contributed by atoms with van der Waals surface area (Å²) in [6, 6.07) is 8.92. The van der Waals surface area contributed by atoms with E-state index >= 15 is 0 Å². The lowest BCUT2D eigenvalue weighted by Crippen LogP contribution is -2.25. The van der Waals surface area contributed by atoms with Gasteiger partial charge >= 0.3 is 5.69 Å². The summed E-state index contributed by atoms with van der Waals surface area (Å²) in [4.78, 5) is 13.3. The Hall–Kier alpha value is -3.03. The van der Waals surface area contributed by atoms with Crippen LogP contribution in [0.4, 0.5) is 14.5 Å². The third-order valence-corrected chi connectivity index (χ3v) is 4.00. The van der Waals surface area contributed by atoms with Crippen LogP contribution in [0, 0.1) is 18.6 Å². The number of nitrogen functional groups attached to an aromatic ring is 1. The van der Waals surface area contributed by atoms with Crippen LogP contribution in [-0.2, 0) is 19.5 Å². The largest absolute Gasteiger partial charge is 0.399 e. The van der Waals surface area contributed by atoms with E-state index in [0.29, 0.717) is 17.8 Å². The smallest absolute Gasteiger partial charge is 0.383 e. The third-order valence-electron chi connectivity index (χ3n) is 4.00. The summed E-state index contributed by atoms with van der Waals surface area (Å²) in [5.41, 5.74) is 8.14. The van der Waals surface area contributed by atoms with Crippen molar-refractivity contribution >= 4 is 5.69 Å². The molecule has 0 amide bonds. The van der Waals surface area contributed by atoms with Crippen LogP contribution in [0.5, 0.6) is 0 Å². The van der Waals surface area contributed by atoms with Crippen molar-refractivity contribution in [1.82, 2.24) is 19.8 Å². The Balaban J connectivity index is 1.79. The minimum atomic E-state index is -0.638. The monoisotopic (exact) mass is 345 g/mol. The normalized spacial score (nSPS) is 11.0. The number of tetrazole rings is 1. The van der Waals surface area contributed by atoms with Crippen LogP contribution in [0.15, 0.2) is 41.2 Å². The molecular formula is C17H17F2N5O. The molecule has 3 rings (SSSR count). The number of rotatable bonds is 5. The van der Waals surface area contributed by atoms with Gasteiger partial charge in [0.15, 0.2) is 0 Å². The van der Waals surface area contributed by atoms with Crippen LogP contribution < -0.4 is 11.4 Å². The molecular weight excluding hydrogens is 328 g/mol. The number of hydrogen-bond donors (Lipinski definition) is 1. The molecule has 0 spiro atoms. The first kappa shape index (κ1) is 16.8. The zero-order valence-electron chi connectivity index (χ0n) is 13.6. The third kappa shape index (κ3) is 3.73. The quantitative estimate of drug-likeness (QED) is 0.717. The highest BCUT2D eigenvalue weighted by Gasteiger charge is 2.10. The van der Waals surface area contributed by atoms with E-state index in [1.165, 1.54) is 21.6 Å². The molecule has 1 heterocycles. The van der Waals surface area contributed by atoms with E-state index in [4.69, 9.17) is 5.73 Å². The SMILES string of the molecule is Cc1cc(Cn2nnc(=O)n2CCc2ccc(F)cc2F)ccc1N. The van der Waals surface area contributed by atoms with E-state index < -0.39 is 17.3 Å². The molecule has 130 valence electrons. The molecule has 0 aliphatic rings. The van der Waals surface area contributed by atoms with Crippen molar-refractivity contribution in [2.45, 2.75) is 26.4 Å². The summed E-state index contributed by atoms with van der Waals surface area (Å²) >= 11 is 0. The van der Waals surface area contributed by atoms with Crippen molar-refractivity contribution in [3.05, 3.63) is 75.2 Å². The number of nitrogens with two attached hydrogens (primary N) is 1. The van der Waals surface area contributed by atoms with Crippen molar-refractivity contribution in [1.29, 1.82) is 0 Å². The number of benzene rings is 2. The number of hydrogen-bond acceptors (Lipinski definition) is 4. The van der Waals surface area contributed by atoms with Crippen LogP contribution in [0.2, 0.25) is 0 Å². The average Bonchev–Trinajstić information content (AvgIpc) is 2.90. The second kappa shape index (κ2) is 6.84. The van der Waals surface area contributed by atoms with E-state index in [1.807, 2.05) is 19.1 Å². The molecule has 0 saturated carbocycles. The summed E-state index contributed by atoms with van der Waals surface area (Å²) in [5, 5.41) is 7.39. The fourth-order valence-corrected chi connectivity index (χ4v) is 2.57. The molecule has 0 aliphatic heterocycles. The first-order valence-electron chi connectivity index (χ1n) is 7.73. The summed E-state index contributed by atoms with van der Waals surface area (Å²) in [5.74, 6) is -1.27. The van der Waals surface area contributed by atoms with Gasteiger partial charge in [0.25, 0.3) is 0 Å². The van der Waals surface area contributed by atoms with Crippen LogP contribution in [-0.4, -0.2) is 19.8 Å². The molecule has 0 saturated heterocycles. The van der Waals surface area contributed by atoms with E-state index in [2.05, 4.69) is 10.3 Å². The van der Waals surface area contributed by atoms with Crippen LogP contribution in [0.25, 0.3) is 0 Å². The van der Waals surface area contributed by atoms with Gasteiger partial charge in [-0.2, -0.15) is 4.80 Å². The molecule has 25 heavy (non-hydrogen) atoms. The van der Waals surface area contributed by atoms with Crippen molar-refractivity contribution in [3.63, 3.8) is 0 Å².